The van der Waals surface area contributed by atoms with Crippen molar-refractivity contribution in [1.82, 2.24) is 0 Å². The number of rotatable bonds is 6. The quantitative estimate of drug-likeness (QED) is 0.337. The van der Waals surface area contributed by atoms with Crippen LogP contribution in [0.15, 0.2) is 46.1 Å². The molecule has 138 valence electrons. The van der Waals surface area contributed by atoms with Gasteiger partial charge < -0.3 is 0 Å². The molecule has 0 bridgehead atoms. The van der Waals surface area contributed by atoms with Crippen LogP contribution in [-0.4, -0.2) is 11.6 Å². The topological polar surface area (TPSA) is 34.1 Å². The van der Waals surface area contributed by atoms with E-state index in [9.17, 15) is 9.59 Å². The highest BCUT2D eigenvalue weighted by atomic mass is 16.2. The maximum Gasteiger partial charge on any atom is 0.193 e. The van der Waals surface area contributed by atoms with Crippen molar-refractivity contribution >= 4 is 11.6 Å². The fourth-order valence-electron chi connectivity index (χ4n) is 3.37. The summed E-state index contributed by atoms with van der Waals surface area (Å²) < 4.78 is 0. The Bertz CT molecular complexity index is 646. The summed E-state index contributed by atoms with van der Waals surface area (Å²) in [4.78, 5) is 26.1. The molecule has 2 unspecified atom stereocenters. The van der Waals surface area contributed by atoms with Gasteiger partial charge in [-0.25, -0.2) is 0 Å². The first kappa shape index (κ1) is 21.3. The first-order valence-corrected chi connectivity index (χ1v) is 9.33. The van der Waals surface area contributed by atoms with Crippen LogP contribution in [0, 0.1) is 17.8 Å². The molecule has 0 aromatic carbocycles. The summed E-state index contributed by atoms with van der Waals surface area (Å²) in [5, 5.41) is 0. The van der Waals surface area contributed by atoms with Gasteiger partial charge in [-0.05, 0) is 59.3 Å². The second kappa shape index (κ2) is 9.12. The van der Waals surface area contributed by atoms with Crippen molar-refractivity contribution < 1.29 is 9.59 Å². The molecule has 0 aromatic heterocycles. The van der Waals surface area contributed by atoms with Crippen LogP contribution in [0.1, 0.15) is 68.2 Å². The predicted octanol–water partition coefficient (Wildman–Crippen LogP) is 6.00. The van der Waals surface area contributed by atoms with E-state index < -0.39 is 0 Å². The van der Waals surface area contributed by atoms with Crippen molar-refractivity contribution in [3.63, 3.8) is 0 Å². The van der Waals surface area contributed by atoms with E-state index in [-0.39, 0.29) is 23.4 Å². The van der Waals surface area contributed by atoms with Crippen molar-refractivity contribution in [2.75, 3.05) is 0 Å². The minimum absolute atomic E-state index is 0.0196. The Morgan fingerprint density at radius 1 is 1.00 bits per heavy atom. The summed E-state index contributed by atoms with van der Waals surface area (Å²) in [5.41, 5.74) is 4.41. The number of hydrogen-bond acceptors (Lipinski definition) is 2. The number of carbonyl (C=O) groups is 2. The highest BCUT2D eigenvalue weighted by Crippen LogP contribution is 2.38. The van der Waals surface area contributed by atoms with Gasteiger partial charge in [-0.2, -0.15) is 0 Å². The largest absolute Gasteiger partial charge is 0.293 e. The third-order valence-electron chi connectivity index (χ3n) is 4.56. The van der Waals surface area contributed by atoms with Gasteiger partial charge in [0, 0.05) is 5.57 Å². The molecule has 1 fully saturated rings. The maximum atomic E-state index is 13.1. The van der Waals surface area contributed by atoms with E-state index in [2.05, 4.69) is 40.7 Å². The van der Waals surface area contributed by atoms with Crippen molar-refractivity contribution in [3.8, 4) is 0 Å². The van der Waals surface area contributed by atoms with Crippen LogP contribution in [0.25, 0.3) is 0 Å². The molecule has 25 heavy (non-hydrogen) atoms. The molecular formula is C23H34O2. The van der Waals surface area contributed by atoms with E-state index in [4.69, 9.17) is 0 Å². The molecule has 1 saturated carbocycles. The van der Waals surface area contributed by atoms with Crippen LogP contribution >= 0.6 is 0 Å². The highest BCUT2D eigenvalue weighted by molar-refractivity contribution is 6.35. The molecule has 0 radical (unpaired) electrons. The zero-order valence-electron chi connectivity index (χ0n) is 17.2. The molecular weight excluding hydrogens is 308 g/mol. The lowest BCUT2D eigenvalue weighted by Crippen LogP contribution is -2.18. The molecule has 0 amide bonds. The fourth-order valence-corrected chi connectivity index (χ4v) is 3.37. The van der Waals surface area contributed by atoms with Gasteiger partial charge in [0.1, 0.15) is 0 Å². The molecule has 1 aliphatic carbocycles. The Hall–Kier alpha value is -1.70. The second-order valence-corrected chi connectivity index (χ2v) is 8.28. The lowest BCUT2D eigenvalue weighted by atomic mass is 9.85. The first-order valence-electron chi connectivity index (χ1n) is 9.33. The molecule has 2 atom stereocenters. The van der Waals surface area contributed by atoms with Gasteiger partial charge in [-0.3, -0.25) is 9.59 Å². The Morgan fingerprint density at radius 2 is 1.60 bits per heavy atom. The van der Waals surface area contributed by atoms with E-state index in [1.54, 1.807) is 0 Å². The van der Waals surface area contributed by atoms with Gasteiger partial charge in [-0.15, -0.1) is 0 Å². The van der Waals surface area contributed by atoms with Crippen molar-refractivity contribution in [1.29, 1.82) is 0 Å². The standard InChI is InChI=1S/C23H34O2/c1-14(2)9-11-17(7)20-19(12-10-15(3)4)22(24)21(23(20)25)18(8)13-16(5)6/h9-10,12,16-17,20H,11,13H2,1-8H3/b19-12-,21-18-. The van der Waals surface area contributed by atoms with Gasteiger partial charge in [0.05, 0.1) is 11.5 Å². The molecule has 0 aromatic rings. The van der Waals surface area contributed by atoms with E-state index >= 15 is 0 Å². The van der Waals surface area contributed by atoms with Crippen LogP contribution < -0.4 is 0 Å². The second-order valence-electron chi connectivity index (χ2n) is 8.28. The minimum atomic E-state index is -0.323. The smallest absolute Gasteiger partial charge is 0.193 e. The molecule has 2 heteroatoms. The van der Waals surface area contributed by atoms with Crippen molar-refractivity contribution in [2.24, 2.45) is 17.8 Å². The average Bonchev–Trinajstić information content (AvgIpc) is 2.72. The summed E-state index contributed by atoms with van der Waals surface area (Å²) in [7, 11) is 0. The Kier molecular flexibility index (Phi) is 7.79. The van der Waals surface area contributed by atoms with Gasteiger partial charge >= 0.3 is 0 Å². The summed E-state index contributed by atoms with van der Waals surface area (Å²) in [6.45, 7) is 16.4. The highest BCUT2D eigenvalue weighted by Gasteiger charge is 2.44. The maximum absolute atomic E-state index is 13.1. The van der Waals surface area contributed by atoms with Gasteiger partial charge in [0.15, 0.2) is 11.6 Å². The third kappa shape index (κ3) is 5.66. The Labute approximate surface area is 153 Å². The zero-order valence-corrected chi connectivity index (χ0v) is 17.2. The van der Waals surface area contributed by atoms with Crippen molar-refractivity contribution in [3.05, 3.63) is 46.1 Å². The van der Waals surface area contributed by atoms with E-state index in [0.29, 0.717) is 17.1 Å². The lowest BCUT2D eigenvalue weighted by molar-refractivity contribution is -0.118. The normalized spacial score (nSPS) is 22.4. The number of hydrogen-bond donors (Lipinski definition) is 0. The molecule has 0 heterocycles. The number of Topliss-reactive ketones (excluding diaryl/α,β-unsaturated/α-hetero) is 2. The summed E-state index contributed by atoms with van der Waals surface area (Å²) in [5.74, 6) is 0.185. The molecule has 1 rings (SSSR count). The number of ketones is 2. The Balaban J connectivity index is 3.37. The van der Waals surface area contributed by atoms with Gasteiger partial charge in [0.2, 0.25) is 0 Å². The predicted molar refractivity (Wildman–Crippen MR) is 106 cm³/mol. The van der Waals surface area contributed by atoms with Crippen LogP contribution in [0.5, 0.6) is 0 Å². The SMILES string of the molecule is CC(C)=C/C=C1\C(=O)/C(=C(\C)CC(C)C)C(=O)C1C(C)CC=C(C)C. The molecule has 1 aliphatic rings. The van der Waals surface area contributed by atoms with Gasteiger partial charge in [-0.1, -0.05) is 55.7 Å². The fraction of sp³-hybridized carbons (Fsp3) is 0.565. The lowest BCUT2D eigenvalue weighted by Gasteiger charge is -2.17. The first-order chi connectivity index (χ1) is 11.6. The molecule has 0 saturated heterocycles. The van der Waals surface area contributed by atoms with Crippen LogP contribution in [0.2, 0.25) is 0 Å². The summed E-state index contributed by atoms with van der Waals surface area (Å²) >= 11 is 0. The van der Waals surface area contributed by atoms with E-state index in [0.717, 1.165) is 24.0 Å². The van der Waals surface area contributed by atoms with E-state index in [1.165, 1.54) is 5.57 Å². The van der Waals surface area contributed by atoms with Crippen LogP contribution in [0.4, 0.5) is 0 Å². The molecule has 0 N–H and O–H groups in total. The molecule has 0 spiro atoms. The number of allylic oxidation sites excluding steroid dienone is 8. The molecule has 0 aliphatic heterocycles. The van der Waals surface area contributed by atoms with Crippen molar-refractivity contribution in [2.45, 2.75) is 68.2 Å². The summed E-state index contributed by atoms with van der Waals surface area (Å²) in [6.07, 6.45) is 7.58. The minimum Gasteiger partial charge on any atom is -0.293 e. The third-order valence-corrected chi connectivity index (χ3v) is 4.56. The zero-order chi connectivity index (χ0) is 19.3. The van der Waals surface area contributed by atoms with Gasteiger partial charge in [0.25, 0.3) is 0 Å². The number of carbonyl (C=O) groups excluding carboxylic acids is 2. The van der Waals surface area contributed by atoms with Crippen LogP contribution in [-0.2, 0) is 9.59 Å². The van der Waals surface area contributed by atoms with E-state index in [1.807, 2.05) is 32.9 Å². The average molecular weight is 343 g/mol. The Morgan fingerprint density at radius 3 is 2.08 bits per heavy atom. The summed E-state index contributed by atoms with van der Waals surface area (Å²) in [6, 6.07) is 0. The molecule has 2 nitrogen and oxygen atoms in total. The monoisotopic (exact) mass is 342 g/mol. The van der Waals surface area contributed by atoms with Crippen LogP contribution in [0.3, 0.4) is 0 Å².